The fourth-order valence-corrected chi connectivity index (χ4v) is 3.26. The minimum Gasteiger partial charge on any atom is -0.467 e. The maximum Gasteiger partial charge on any atom is 0.332 e. The SMILES string of the molecule is CCC(=O)N(c1cccc(NC(C)=O)c1)C1(C(=O)OC)CCNCC1. The van der Waals surface area contributed by atoms with E-state index in [-0.39, 0.29) is 18.2 Å². The molecule has 1 fully saturated rings. The van der Waals surface area contributed by atoms with Gasteiger partial charge in [-0.3, -0.25) is 14.5 Å². The predicted molar refractivity (Wildman–Crippen MR) is 95.4 cm³/mol. The molecule has 2 rings (SSSR count). The standard InChI is InChI=1S/C18H25N3O4/c1-4-16(23)21(15-7-5-6-14(12-15)20-13(2)22)18(17(24)25-3)8-10-19-11-9-18/h5-7,12,19H,4,8-11H2,1-3H3,(H,20,22). The second kappa shape index (κ2) is 8.11. The molecule has 1 aromatic rings. The molecule has 0 aromatic heterocycles. The number of hydrogen-bond donors (Lipinski definition) is 2. The van der Waals surface area contributed by atoms with E-state index in [1.807, 2.05) is 0 Å². The highest BCUT2D eigenvalue weighted by molar-refractivity contribution is 6.02. The number of amides is 2. The van der Waals surface area contributed by atoms with E-state index in [1.165, 1.54) is 14.0 Å². The first kappa shape index (κ1) is 18.9. The van der Waals surface area contributed by atoms with Crippen LogP contribution in [0.15, 0.2) is 24.3 Å². The lowest BCUT2D eigenvalue weighted by Gasteiger charge is -2.44. The number of rotatable bonds is 5. The molecule has 0 radical (unpaired) electrons. The van der Waals surface area contributed by atoms with Crippen molar-refractivity contribution in [3.8, 4) is 0 Å². The van der Waals surface area contributed by atoms with E-state index in [9.17, 15) is 14.4 Å². The highest BCUT2D eigenvalue weighted by atomic mass is 16.5. The lowest BCUT2D eigenvalue weighted by Crippen LogP contribution is -2.62. The zero-order chi connectivity index (χ0) is 18.4. The van der Waals surface area contributed by atoms with Gasteiger partial charge in [0.15, 0.2) is 0 Å². The summed E-state index contributed by atoms with van der Waals surface area (Å²) in [6.45, 7) is 4.42. The molecule has 7 heteroatoms. The number of piperidine rings is 1. The van der Waals surface area contributed by atoms with Crippen molar-refractivity contribution in [1.29, 1.82) is 0 Å². The van der Waals surface area contributed by atoms with Gasteiger partial charge in [0.2, 0.25) is 11.8 Å². The van der Waals surface area contributed by atoms with Crippen molar-refractivity contribution in [3.05, 3.63) is 24.3 Å². The van der Waals surface area contributed by atoms with Gasteiger partial charge in [0.05, 0.1) is 7.11 Å². The lowest BCUT2D eigenvalue weighted by atomic mass is 9.85. The Labute approximate surface area is 147 Å². The van der Waals surface area contributed by atoms with Gasteiger partial charge >= 0.3 is 5.97 Å². The number of carbonyl (C=O) groups is 3. The van der Waals surface area contributed by atoms with Crippen LogP contribution < -0.4 is 15.5 Å². The van der Waals surface area contributed by atoms with Crippen molar-refractivity contribution in [1.82, 2.24) is 5.32 Å². The van der Waals surface area contributed by atoms with Crippen LogP contribution in [0.25, 0.3) is 0 Å². The number of anilines is 2. The van der Waals surface area contributed by atoms with Gasteiger partial charge in [-0.15, -0.1) is 0 Å². The highest BCUT2D eigenvalue weighted by Gasteiger charge is 2.48. The van der Waals surface area contributed by atoms with Gasteiger partial charge in [-0.25, -0.2) is 4.79 Å². The maximum atomic E-state index is 12.8. The minimum atomic E-state index is -1.04. The molecule has 1 saturated heterocycles. The Bertz CT molecular complexity index is 653. The molecule has 0 unspecified atom stereocenters. The Kier molecular flexibility index (Phi) is 6.14. The molecule has 1 aromatic carbocycles. The Morgan fingerprint density at radius 2 is 1.96 bits per heavy atom. The van der Waals surface area contributed by atoms with Crippen molar-refractivity contribution < 1.29 is 19.1 Å². The highest BCUT2D eigenvalue weighted by Crippen LogP contribution is 2.34. The smallest absolute Gasteiger partial charge is 0.332 e. The Morgan fingerprint density at radius 1 is 1.28 bits per heavy atom. The normalized spacial score (nSPS) is 16.0. The zero-order valence-corrected chi connectivity index (χ0v) is 14.9. The van der Waals surface area contributed by atoms with Gasteiger partial charge in [0, 0.05) is 24.7 Å². The molecule has 1 aliphatic rings. The third kappa shape index (κ3) is 3.99. The van der Waals surface area contributed by atoms with Crippen LogP contribution in [-0.4, -0.2) is 43.5 Å². The summed E-state index contributed by atoms with van der Waals surface area (Å²) in [5, 5.41) is 5.93. The molecule has 2 amide bonds. The van der Waals surface area contributed by atoms with Crippen molar-refractivity contribution >= 4 is 29.2 Å². The first-order chi connectivity index (χ1) is 11.9. The van der Waals surface area contributed by atoms with Crippen LogP contribution in [0.4, 0.5) is 11.4 Å². The molecule has 0 saturated carbocycles. The molecule has 0 bridgehead atoms. The van der Waals surface area contributed by atoms with Crippen LogP contribution in [-0.2, 0) is 19.1 Å². The summed E-state index contributed by atoms with van der Waals surface area (Å²) in [6.07, 6.45) is 1.20. The van der Waals surface area contributed by atoms with Crippen LogP contribution in [0, 0.1) is 0 Å². The van der Waals surface area contributed by atoms with Crippen molar-refractivity contribution in [2.75, 3.05) is 30.4 Å². The van der Waals surface area contributed by atoms with Crippen LogP contribution in [0.1, 0.15) is 33.1 Å². The molecule has 136 valence electrons. The van der Waals surface area contributed by atoms with Gasteiger partial charge in [0.1, 0.15) is 5.54 Å². The maximum absolute atomic E-state index is 12.8. The summed E-state index contributed by atoms with van der Waals surface area (Å²) < 4.78 is 5.05. The van der Waals surface area contributed by atoms with E-state index >= 15 is 0 Å². The van der Waals surface area contributed by atoms with Gasteiger partial charge in [-0.2, -0.15) is 0 Å². The molecule has 7 nitrogen and oxygen atoms in total. The van der Waals surface area contributed by atoms with E-state index in [0.29, 0.717) is 37.3 Å². The monoisotopic (exact) mass is 347 g/mol. The molecule has 2 N–H and O–H groups in total. The Morgan fingerprint density at radius 3 is 2.52 bits per heavy atom. The molecule has 1 aliphatic heterocycles. The number of benzene rings is 1. The van der Waals surface area contributed by atoms with Crippen molar-refractivity contribution in [2.24, 2.45) is 0 Å². The molecule has 0 aliphatic carbocycles. The fourth-order valence-electron chi connectivity index (χ4n) is 3.26. The number of esters is 1. The first-order valence-electron chi connectivity index (χ1n) is 8.44. The summed E-state index contributed by atoms with van der Waals surface area (Å²) in [4.78, 5) is 38.3. The van der Waals surface area contributed by atoms with Gasteiger partial charge in [-0.05, 0) is 44.1 Å². The average Bonchev–Trinajstić information content (AvgIpc) is 2.61. The van der Waals surface area contributed by atoms with Crippen LogP contribution in [0.3, 0.4) is 0 Å². The topological polar surface area (TPSA) is 87.7 Å². The predicted octanol–water partition coefficient (Wildman–Crippen LogP) is 1.68. The fraction of sp³-hybridized carbons (Fsp3) is 0.500. The van der Waals surface area contributed by atoms with E-state index < -0.39 is 11.5 Å². The summed E-state index contributed by atoms with van der Waals surface area (Å²) in [6, 6.07) is 6.97. The first-order valence-corrected chi connectivity index (χ1v) is 8.44. The van der Waals surface area contributed by atoms with Crippen molar-refractivity contribution in [3.63, 3.8) is 0 Å². The minimum absolute atomic E-state index is 0.160. The molecule has 1 heterocycles. The number of methoxy groups -OCH3 is 1. The molecule has 0 spiro atoms. The summed E-state index contributed by atoms with van der Waals surface area (Å²) >= 11 is 0. The van der Waals surface area contributed by atoms with Gasteiger partial charge in [-0.1, -0.05) is 13.0 Å². The Hall–Kier alpha value is -2.41. The summed E-state index contributed by atoms with van der Waals surface area (Å²) in [5.41, 5.74) is 0.111. The van der Waals surface area contributed by atoms with Crippen LogP contribution >= 0.6 is 0 Å². The van der Waals surface area contributed by atoms with E-state index in [2.05, 4.69) is 10.6 Å². The third-order valence-electron chi connectivity index (χ3n) is 4.40. The van der Waals surface area contributed by atoms with Gasteiger partial charge < -0.3 is 15.4 Å². The molecular weight excluding hydrogens is 322 g/mol. The van der Waals surface area contributed by atoms with Crippen LogP contribution in [0.2, 0.25) is 0 Å². The average molecular weight is 347 g/mol. The summed E-state index contributed by atoms with van der Waals surface area (Å²) in [5.74, 6) is -0.775. The van der Waals surface area contributed by atoms with Gasteiger partial charge in [0.25, 0.3) is 0 Å². The van der Waals surface area contributed by atoms with E-state index in [4.69, 9.17) is 4.74 Å². The largest absolute Gasteiger partial charge is 0.467 e. The second-order valence-electron chi connectivity index (χ2n) is 6.09. The summed E-state index contributed by atoms with van der Waals surface area (Å²) in [7, 11) is 1.34. The molecular formula is C18H25N3O4. The van der Waals surface area contributed by atoms with Crippen molar-refractivity contribution in [2.45, 2.75) is 38.6 Å². The number of hydrogen-bond acceptors (Lipinski definition) is 5. The molecule has 0 atom stereocenters. The Balaban J connectivity index is 2.52. The quantitative estimate of drug-likeness (QED) is 0.792. The third-order valence-corrected chi connectivity index (χ3v) is 4.40. The number of ether oxygens (including phenoxy) is 1. The number of carbonyl (C=O) groups excluding carboxylic acids is 3. The molecule has 25 heavy (non-hydrogen) atoms. The van der Waals surface area contributed by atoms with E-state index in [0.717, 1.165) is 0 Å². The van der Waals surface area contributed by atoms with Crippen LogP contribution in [0.5, 0.6) is 0 Å². The lowest BCUT2D eigenvalue weighted by molar-refractivity contribution is -0.150. The number of nitrogens with one attached hydrogen (secondary N) is 2. The zero-order valence-electron chi connectivity index (χ0n) is 14.9. The van der Waals surface area contributed by atoms with E-state index in [1.54, 1.807) is 36.1 Å². The second-order valence-corrected chi connectivity index (χ2v) is 6.09. The number of nitrogens with zero attached hydrogens (tertiary/aromatic N) is 1.